The van der Waals surface area contributed by atoms with Gasteiger partial charge in [0.15, 0.2) is 5.69 Å². The molecule has 0 atom stereocenters. The number of aryl methyl sites for hydroxylation is 1. The molecule has 0 aliphatic carbocycles. The van der Waals surface area contributed by atoms with E-state index >= 15 is 0 Å². The highest BCUT2D eigenvalue weighted by Gasteiger charge is 2.32. The maximum Gasteiger partial charge on any atom is 0.272 e. The second-order valence-corrected chi connectivity index (χ2v) is 10.3. The summed E-state index contributed by atoms with van der Waals surface area (Å²) in [6.07, 6.45) is 3.56. The minimum atomic E-state index is -0.201. The van der Waals surface area contributed by atoms with Crippen LogP contribution in [0.15, 0.2) is 41.5 Å². The molecule has 0 saturated carbocycles. The Hall–Kier alpha value is -3.59. The number of thiophene rings is 1. The first kappa shape index (κ1) is 22.2. The van der Waals surface area contributed by atoms with E-state index in [-0.39, 0.29) is 17.9 Å². The lowest BCUT2D eigenvalue weighted by atomic mass is 9.96. The predicted octanol–water partition coefficient (Wildman–Crippen LogP) is 4.68. The van der Waals surface area contributed by atoms with E-state index in [9.17, 15) is 4.79 Å². The van der Waals surface area contributed by atoms with Gasteiger partial charge in [-0.25, -0.2) is 9.67 Å². The molecule has 34 heavy (non-hydrogen) atoms. The summed E-state index contributed by atoms with van der Waals surface area (Å²) >= 11 is 1.58. The van der Waals surface area contributed by atoms with Gasteiger partial charge in [0.05, 0.1) is 36.7 Å². The molecule has 3 aromatic heterocycles. The van der Waals surface area contributed by atoms with E-state index in [1.807, 2.05) is 45.3 Å². The van der Waals surface area contributed by atoms with Gasteiger partial charge in [0.2, 0.25) is 0 Å². The summed E-state index contributed by atoms with van der Waals surface area (Å²) in [4.78, 5) is 17.4. The maximum absolute atomic E-state index is 13.2. The molecule has 8 nitrogen and oxygen atoms in total. The Bertz CT molecular complexity index is 1360. The number of hydrogen-bond acceptors (Lipinski definition) is 6. The molecule has 0 fully saturated rings. The number of benzene rings is 1. The summed E-state index contributed by atoms with van der Waals surface area (Å²) in [6, 6.07) is 5.92. The van der Waals surface area contributed by atoms with E-state index in [4.69, 9.17) is 14.6 Å². The monoisotopic (exact) mass is 477 g/mol. The van der Waals surface area contributed by atoms with Crippen molar-refractivity contribution in [2.24, 2.45) is 12.5 Å². The fourth-order valence-corrected chi connectivity index (χ4v) is 4.66. The number of nitrogens with one attached hydrogen (secondary N) is 1. The van der Waals surface area contributed by atoms with Crippen molar-refractivity contribution in [2.75, 3.05) is 13.7 Å². The molecule has 0 radical (unpaired) electrons. The highest BCUT2D eigenvalue weighted by Crippen LogP contribution is 2.46. The van der Waals surface area contributed by atoms with Gasteiger partial charge in [-0.3, -0.25) is 4.79 Å². The van der Waals surface area contributed by atoms with Crippen LogP contribution < -0.4 is 14.8 Å². The van der Waals surface area contributed by atoms with E-state index in [2.05, 4.69) is 31.1 Å². The van der Waals surface area contributed by atoms with Crippen molar-refractivity contribution in [2.45, 2.75) is 27.4 Å². The lowest BCUT2D eigenvalue weighted by molar-refractivity contribution is 0.0931. The van der Waals surface area contributed by atoms with Crippen LogP contribution in [0.2, 0.25) is 0 Å². The van der Waals surface area contributed by atoms with Crippen molar-refractivity contribution >= 4 is 17.2 Å². The van der Waals surface area contributed by atoms with Crippen LogP contribution in [0.4, 0.5) is 0 Å². The summed E-state index contributed by atoms with van der Waals surface area (Å²) < 4.78 is 15.6. The van der Waals surface area contributed by atoms with Crippen LogP contribution in [0.3, 0.4) is 0 Å². The summed E-state index contributed by atoms with van der Waals surface area (Å²) in [5.41, 5.74) is 5.52. The lowest BCUT2D eigenvalue weighted by Gasteiger charge is -2.22. The molecule has 1 aliphatic heterocycles. The largest absolute Gasteiger partial charge is 0.496 e. The molecular weight excluding hydrogens is 450 g/mol. The third-order valence-corrected chi connectivity index (χ3v) is 6.42. The van der Waals surface area contributed by atoms with Crippen molar-refractivity contribution in [3.63, 3.8) is 0 Å². The quantitative estimate of drug-likeness (QED) is 0.451. The van der Waals surface area contributed by atoms with Gasteiger partial charge in [0.1, 0.15) is 18.1 Å². The van der Waals surface area contributed by atoms with Crippen molar-refractivity contribution in [1.82, 2.24) is 24.6 Å². The first-order chi connectivity index (χ1) is 16.3. The second kappa shape index (κ2) is 8.32. The summed E-state index contributed by atoms with van der Waals surface area (Å²) in [6.45, 7) is 7.04. The van der Waals surface area contributed by atoms with Crippen LogP contribution in [-0.4, -0.2) is 38.9 Å². The van der Waals surface area contributed by atoms with Crippen LogP contribution in [0.1, 0.15) is 36.8 Å². The Labute approximate surface area is 202 Å². The number of rotatable bonds is 5. The Kier molecular flexibility index (Phi) is 5.44. The number of carbonyl (C=O) groups excluding carboxylic acids is 1. The topological polar surface area (TPSA) is 83.2 Å². The molecule has 0 bridgehead atoms. The van der Waals surface area contributed by atoms with Crippen LogP contribution in [0.5, 0.6) is 11.5 Å². The van der Waals surface area contributed by atoms with E-state index in [0.29, 0.717) is 23.7 Å². The van der Waals surface area contributed by atoms with Crippen molar-refractivity contribution < 1.29 is 14.3 Å². The third kappa shape index (κ3) is 3.86. The predicted molar refractivity (Wildman–Crippen MR) is 132 cm³/mol. The Balaban J connectivity index is 1.69. The first-order valence-electron chi connectivity index (χ1n) is 11.0. The van der Waals surface area contributed by atoms with E-state index in [1.165, 1.54) is 0 Å². The number of ether oxygens (including phenoxy) is 2. The molecule has 0 spiro atoms. The fourth-order valence-electron chi connectivity index (χ4n) is 4.04. The van der Waals surface area contributed by atoms with Crippen molar-refractivity contribution in [1.29, 1.82) is 0 Å². The van der Waals surface area contributed by atoms with Crippen LogP contribution >= 0.6 is 11.3 Å². The van der Waals surface area contributed by atoms with E-state index in [0.717, 1.165) is 33.8 Å². The molecule has 176 valence electrons. The number of carbonyl (C=O) groups is 1. The Morgan fingerprint density at radius 2 is 2.12 bits per heavy atom. The smallest absolute Gasteiger partial charge is 0.272 e. The van der Waals surface area contributed by atoms with Gasteiger partial charge < -0.3 is 19.4 Å². The molecule has 1 aromatic carbocycles. The van der Waals surface area contributed by atoms with Crippen molar-refractivity contribution in [3.8, 4) is 39.7 Å². The number of fused-ring (bicyclic) bond motifs is 3. The molecule has 0 unspecified atom stereocenters. The van der Waals surface area contributed by atoms with Crippen LogP contribution in [-0.2, 0) is 13.7 Å². The van der Waals surface area contributed by atoms with Gasteiger partial charge in [-0.1, -0.05) is 20.8 Å². The summed E-state index contributed by atoms with van der Waals surface area (Å²) in [5.74, 6) is 1.18. The first-order valence-corrected chi connectivity index (χ1v) is 12.0. The van der Waals surface area contributed by atoms with Crippen molar-refractivity contribution in [3.05, 3.63) is 52.7 Å². The fraction of sp³-hybridized carbons (Fsp3) is 0.320. The molecule has 9 heteroatoms. The van der Waals surface area contributed by atoms with Gasteiger partial charge in [-0.05, 0) is 22.9 Å². The summed E-state index contributed by atoms with van der Waals surface area (Å²) in [5, 5.41) is 11.8. The normalized spacial score (nSPS) is 12.6. The van der Waals surface area contributed by atoms with Gasteiger partial charge in [0, 0.05) is 41.7 Å². The maximum atomic E-state index is 13.2. The zero-order valence-electron chi connectivity index (χ0n) is 19.9. The minimum Gasteiger partial charge on any atom is -0.496 e. The standard InChI is InChI=1S/C25H27N5O3S/c1-25(2,3)13-27-24(31)22-18-11-33-21-9-20(32-5)16(19-10-26-14-29(19)4)8-17(21)23(18)30(28-22)15-6-7-34-12-15/h6-10,12,14H,11,13H2,1-5H3,(H,27,31). The lowest BCUT2D eigenvalue weighted by Crippen LogP contribution is -2.33. The van der Waals surface area contributed by atoms with E-state index < -0.39 is 0 Å². The Morgan fingerprint density at radius 3 is 2.76 bits per heavy atom. The Morgan fingerprint density at radius 1 is 1.29 bits per heavy atom. The second-order valence-electron chi connectivity index (χ2n) is 9.54. The molecule has 1 amide bonds. The molecule has 1 aliphatic rings. The summed E-state index contributed by atoms with van der Waals surface area (Å²) in [7, 11) is 3.58. The van der Waals surface area contributed by atoms with Gasteiger partial charge in [-0.15, -0.1) is 0 Å². The SMILES string of the molecule is COc1cc2c(cc1-c1cncn1C)-c1c(c(C(=O)NCC(C)(C)C)nn1-c1ccsc1)CO2. The van der Waals surface area contributed by atoms with Crippen LogP contribution in [0, 0.1) is 5.41 Å². The molecule has 0 saturated heterocycles. The molecule has 4 aromatic rings. The number of imidazole rings is 1. The minimum absolute atomic E-state index is 0.0384. The average Bonchev–Trinajstić information content (AvgIpc) is 3.55. The van der Waals surface area contributed by atoms with Gasteiger partial charge in [-0.2, -0.15) is 16.4 Å². The highest BCUT2D eigenvalue weighted by molar-refractivity contribution is 7.08. The highest BCUT2D eigenvalue weighted by atomic mass is 32.1. The molecule has 1 N–H and O–H groups in total. The zero-order chi connectivity index (χ0) is 24.0. The number of aromatic nitrogens is 4. The van der Waals surface area contributed by atoms with E-state index in [1.54, 1.807) is 31.0 Å². The number of nitrogens with zero attached hydrogens (tertiary/aromatic N) is 4. The molecule has 4 heterocycles. The average molecular weight is 478 g/mol. The number of methoxy groups -OCH3 is 1. The molecular formula is C25H27N5O3S. The van der Waals surface area contributed by atoms with Crippen LogP contribution in [0.25, 0.3) is 28.2 Å². The van der Waals surface area contributed by atoms with Gasteiger partial charge in [0.25, 0.3) is 5.91 Å². The number of hydrogen-bond donors (Lipinski definition) is 1. The van der Waals surface area contributed by atoms with Gasteiger partial charge >= 0.3 is 0 Å². The third-order valence-electron chi connectivity index (χ3n) is 5.75. The molecule has 5 rings (SSSR count). The zero-order valence-corrected chi connectivity index (χ0v) is 20.7. The number of amides is 1.